The lowest BCUT2D eigenvalue weighted by Crippen LogP contribution is -2.31. The minimum atomic E-state index is -1.47. The molecule has 0 aliphatic carbocycles. The van der Waals surface area contributed by atoms with Crippen LogP contribution < -0.4 is 9.47 Å². The van der Waals surface area contributed by atoms with Crippen LogP contribution in [0.1, 0.15) is 30.7 Å². The number of aromatic nitrogens is 4. The Hall–Kier alpha value is -4.23. The summed E-state index contributed by atoms with van der Waals surface area (Å²) < 4.78 is 14.0. The molecule has 0 saturated carbocycles. The SMILES string of the molecule is CCOc1nc2ccc(C(O)(c3ccncc3)c3cncn3C)cc2c(OCC)c1-c1ccccc1. The standard InChI is InChI=1S/C29H28N4O3/c1-4-35-27-23-17-22(29(34,21-13-15-30-16-14-21)25-18-31-19-33(25)3)11-12-24(23)32-28(36-5-2)26(27)20-9-7-6-8-10-20/h6-19,34H,4-5H2,1-3H3. The van der Waals surface area contributed by atoms with Gasteiger partial charge in [0.1, 0.15) is 5.75 Å². The van der Waals surface area contributed by atoms with Gasteiger partial charge in [-0.15, -0.1) is 0 Å². The van der Waals surface area contributed by atoms with E-state index >= 15 is 0 Å². The van der Waals surface area contributed by atoms with Crippen molar-refractivity contribution in [1.82, 2.24) is 19.5 Å². The van der Waals surface area contributed by atoms with Crippen molar-refractivity contribution < 1.29 is 14.6 Å². The zero-order valence-corrected chi connectivity index (χ0v) is 20.5. The second-order valence-electron chi connectivity index (χ2n) is 8.42. The minimum Gasteiger partial charge on any atom is -0.492 e. The summed E-state index contributed by atoms with van der Waals surface area (Å²) in [7, 11) is 1.87. The molecule has 0 saturated heterocycles. The average Bonchev–Trinajstić information content (AvgIpc) is 3.35. The van der Waals surface area contributed by atoms with Gasteiger partial charge in [-0.25, -0.2) is 9.97 Å². The Morgan fingerprint density at radius 3 is 2.31 bits per heavy atom. The predicted molar refractivity (Wildman–Crippen MR) is 139 cm³/mol. The first-order valence-electron chi connectivity index (χ1n) is 12.0. The number of aliphatic hydroxyl groups is 1. The van der Waals surface area contributed by atoms with E-state index in [1.807, 2.05) is 86.1 Å². The van der Waals surface area contributed by atoms with Crippen LogP contribution in [0, 0.1) is 0 Å². The molecule has 0 aliphatic rings. The zero-order valence-electron chi connectivity index (χ0n) is 20.5. The third-order valence-electron chi connectivity index (χ3n) is 6.24. The van der Waals surface area contributed by atoms with Crippen LogP contribution in [-0.4, -0.2) is 37.8 Å². The molecular weight excluding hydrogens is 452 g/mol. The summed E-state index contributed by atoms with van der Waals surface area (Å²) in [5.74, 6) is 1.18. The van der Waals surface area contributed by atoms with Gasteiger partial charge in [-0.3, -0.25) is 4.98 Å². The second kappa shape index (κ2) is 9.79. The summed E-state index contributed by atoms with van der Waals surface area (Å²) in [6.45, 7) is 4.83. The first-order chi connectivity index (χ1) is 17.6. The fraction of sp³-hybridized carbons (Fsp3) is 0.207. The van der Waals surface area contributed by atoms with Crippen molar-refractivity contribution in [2.75, 3.05) is 13.2 Å². The number of nitrogens with zero attached hydrogens (tertiary/aromatic N) is 4. The van der Waals surface area contributed by atoms with Crippen molar-refractivity contribution in [3.63, 3.8) is 0 Å². The maximum atomic E-state index is 12.3. The summed E-state index contributed by atoms with van der Waals surface area (Å²) in [5.41, 5.74) is 2.95. The monoisotopic (exact) mass is 480 g/mol. The molecule has 1 N–H and O–H groups in total. The highest BCUT2D eigenvalue weighted by molar-refractivity contribution is 5.95. The molecular formula is C29H28N4O3. The minimum absolute atomic E-state index is 0.463. The number of pyridine rings is 2. The Bertz CT molecular complexity index is 1490. The fourth-order valence-electron chi connectivity index (χ4n) is 4.59. The third-order valence-corrected chi connectivity index (χ3v) is 6.24. The van der Waals surface area contributed by atoms with Crippen molar-refractivity contribution in [2.24, 2.45) is 7.05 Å². The number of fused-ring (bicyclic) bond motifs is 1. The van der Waals surface area contributed by atoms with E-state index in [9.17, 15) is 5.11 Å². The lowest BCUT2D eigenvalue weighted by atomic mass is 9.83. The van der Waals surface area contributed by atoms with Crippen LogP contribution in [0.5, 0.6) is 11.6 Å². The number of rotatable bonds is 8. The van der Waals surface area contributed by atoms with Gasteiger partial charge in [-0.05, 0) is 54.8 Å². The number of hydrogen-bond donors (Lipinski definition) is 1. The van der Waals surface area contributed by atoms with Gasteiger partial charge in [0.15, 0.2) is 5.60 Å². The fourth-order valence-corrected chi connectivity index (χ4v) is 4.59. The first kappa shape index (κ1) is 23.5. The van der Waals surface area contributed by atoms with Crippen LogP contribution in [0.2, 0.25) is 0 Å². The molecule has 7 nitrogen and oxygen atoms in total. The summed E-state index contributed by atoms with van der Waals surface area (Å²) in [6, 6.07) is 19.3. The van der Waals surface area contributed by atoms with E-state index in [1.54, 1.807) is 24.9 Å². The van der Waals surface area contributed by atoms with Gasteiger partial charge in [0.05, 0.1) is 42.5 Å². The van der Waals surface area contributed by atoms with Gasteiger partial charge in [0, 0.05) is 24.8 Å². The molecule has 0 radical (unpaired) electrons. The molecule has 3 aromatic heterocycles. The quantitative estimate of drug-likeness (QED) is 0.332. The van der Waals surface area contributed by atoms with Gasteiger partial charge in [-0.1, -0.05) is 36.4 Å². The number of imidazole rings is 1. The lowest BCUT2D eigenvalue weighted by molar-refractivity contribution is 0.117. The first-order valence-corrected chi connectivity index (χ1v) is 12.0. The molecule has 5 aromatic rings. The molecule has 5 rings (SSSR count). The maximum Gasteiger partial charge on any atom is 0.225 e. The Morgan fingerprint density at radius 2 is 1.64 bits per heavy atom. The molecule has 0 bridgehead atoms. The molecule has 1 atom stereocenters. The molecule has 2 aromatic carbocycles. The Labute approximate surface area is 210 Å². The van der Waals surface area contributed by atoms with Crippen molar-refractivity contribution >= 4 is 10.9 Å². The molecule has 36 heavy (non-hydrogen) atoms. The van der Waals surface area contributed by atoms with E-state index in [2.05, 4.69) is 9.97 Å². The Morgan fingerprint density at radius 1 is 0.889 bits per heavy atom. The van der Waals surface area contributed by atoms with E-state index in [-0.39, 0.29) is 0 Å². The van der Waals surface area contributed by atoms with Crippen molar-refractivity contribution in [1.29, 1.82) is 0 Å². The lowest BCUT2D eigenvalue weighted by Gasteiger charge is -2.30. The van der Waals surface area contributed by atoms with Crippen molar-refractivity contribution in [3.8, 4) is 22.8 Å². The van der Waals surface area contributed by atoms with Crippen LogP contribution in [0.15, 0.2) is 85.6 Å². The van der Waals surface area contributed by atoms with Crippen LogP contribution in [-0.2, 0) is 12.6 Å². The van der Waals surface area contributed by atoms with E-state index in [1.165, 1.54) is 0 Å². The third kappa shape index (κ3) is 3.97. The van der Waals surface area contributed by atoms with Gasteiger partial charge in [0.2, 0.25) is 5.88 Å². The van der Waals surface area contributed by atoms with E-state index in [0.29, 0.717) is 47.2 Å². The number of aryl methyl sites for hydroxylation is 1. The number of benzene rings is 2. The van der Waals surface area contributed by atoms with Crippen LogP contribution in [0.25, 0.3) is 22.0 Å². The molecule has 7 heteroatoms. The molecule has 0 amide bonds. The average molecular weight is 481 g/mol. The summed E-state index contributed by atoms with van der Waals surface area (Å²) in [5, 5.41) is 13.1. The Kier molecular flexibility index (Phi) is 6.40. The second-order valence-corrected chi connectivity index (χ2v) is 8.42. The highest BCUT2D eigenvalue weighted by Crippen LogP contribution is 2.44. The normalized spacial score (nSPS) is 12.9. The predicted octanol–water partition coefficient (Wildman–Crippen LogP) is 5.11. The number of hydrogen-bond acceptors (Lipinski definition) is 6. The molecule has 0 aliphatic heterocycles. The van der Waals surface area contributed by atoms with Crippen molar-refractivity contribution in [3.05, 3.63) is 102 Å². The highest BCUT2D eigenvalue weighted by Gasteiger charge is 2.37. The molecule has 182 valence electrons. The van der Waals surface area contributed by atoms with Crippen LogP contribution >= 0.6 is 0 Å². The number of ether oxygens (including phenoxy) is 2. The summed E-state index contributed by atoms with van der Waals surface area (Å²) in [6.07, 6.45) is 6.71. The van der Waals surface area contributed by atoms with E-state index in [4.69, 9.17) is 14.5 Å². The van der Waals surface area contributed by atoms with E-state index in [0.717, 1.165) is 16.5 Å². The highest BCUT2D eigenvalue weighted by atomic mass is 16.5. The largest absolute Gasteiger partial charge is 0.492 e. The Balaban J connectivity index is 1.82. The summed E-state index contributed by atoms with van der Waals surface area (Å²) in [4.78, 5) is 13.3. The smallest absolute Gasteiger partial charge is 0.225 e. The van der Waals surface area contributed by atoms with Gasteiger partial charge < -0.3 is 19.1 Å². The summed E-state index contributed by atoms with van der Waals surface area (Å²) >= 11 is 0. The molecule has 0 fully saturated rings. The van der Waals surface area contributed by atoms with E-state index < -0.39 is 5.60 Å². The van der Waals surface area contributed by atoms with Gasteiger partial charge in [-0.2, -0.15) is 0 Å². The van der Waals surface area contributed by atoms with Crippen LogP contribution in [0.3, 0.4) is 0 Å². The maximum absolute atomic E-state index is 12.3. The topological polar surface area (TPSA) is 82.3 Å². The van der Waals surface area contributed by atoms with Crippen LogP contribution in [0.4, 0.5) is 0 Å². The molecule has 1 unspecified atom stereocenters. The zero-order chi connectivity index (χ0) is 25.1. The molecule has 0 spiro atoms. The van der Waals surface area contributed by atoms with Gasteiger partial charge in [0.25, 0.3) is 0 Å². The van der Waals surface area contributed by atoms with Crippen molar-refractivity contribution in [2.45, 2.75) is 19.4 Å². The van der Waals surface area contributed by atoms with Gasteiger partial charge >= 0.3 is 0 Å². The molecule has 3 heterocycles.